The summed E-state index contributed by atoms with van der Waals surface area (Å²) in [6.07, 6.45) is 0. The van der Waals surface area contributed by atoms with Crippen molar-refractivity contribution in [2.45, 2.75) is 6.92 Å². The second-order valence-corrected chi connectivity index (χ2v) is 4.56. The van der Waals surface area contributed by atoms with Crippen LogP contribution in [0.5, 0.6) is 0 Å². The van der Waals surface area contributed by atoms with E-state index in [0.29, 0.717) is 16.4 Å². The number of nitrogens with one attached hydrogen (secondary N) is 1. The molecule has 0 radical (unpaired) electrons. The van der Waals surface area contributed by atoms with E-state index in [2.05, 4.69) is 5.32 Å². The molecule has 1 N–H and O–H groups in total. The van der Waals surface area contributed by atoms with Crippen molar-refractivity contribution in [3.8, 4) is 6.07 Å². The third-order valence-corrected chi connectivity index (χ3v) is 3.13. The fourth-order valence-corrected chi connectivity index (χ4v) is 2.04. The van der Waals surface area contributed by atoms with Gasteiger partial charge in [-0.2, -0.15) is 5.26 Å². The van der Waals surface area contributed by atoms with Gasteiger partial charge in [0.1, 0.15) is 6.07 Å². The highest BCUT2D eigenvalue weighted by Gasteiger charge is 2.12. The van der Waals surface area contributed by atoms with Crippen LogP contribution in [0.1, 0.15) is 11.1 Å². The Kier molecular flexibility index (Phi) is 3.87. The van der Waals surface area contributed by atoms with Crippen molar-refractivity contribution in [3.63, 3.8) is 0 Å². The van der Waals surface area contributed by atoms with Crippen molar-refractivity contribution >= 4 is 28.7 Å². The second kappa shape index (κ2) is 5.59. The first-order chi connectivity index (χ1) is 9.52. The second-order valence-electron chi connectivity index (χ2n) is 4.16. The molecule has 20 heavy (non-hydrogen) atoms. The Labute approximate surface area is 120 Å². The molecule has 2 aromatic rings. The number of non-ortho nitro benzene ring substituents is 1. The highest BCUT2D eigenvalue weighted by Crippen LogP contribution is 2.31. The summed E-state index contributed by atoms with van der Waals surface area (Å²) >= 11 is 6.10. The summed E-state index contributed by atoms with van der Waals surface area (Å²) in [5, 5.41) is 23.4. The number of hydrogen-bond donors (Lipinski definition) is 1. The van der Waals surface area contributed by atoms with Gasteiger partial charge in [-0.1, -0.05) is 23.7 Å². The molecule has 2 rings (SSSR count). The van der Waals surface area contributed by atoms with Crippen molar-refractivity contribution in [2.24, 2.45) is 0 Å². The van der Waals surface area contributed by atoms with Gasteiger partial charge in [-0.3, -0.25) is 10.1 Å². The topological polar surface area (TPSA) is 79.0 Å². The third kappa shape index (κ3) is 2.71. The SMILES string of the molecule is Cc1cccc(Cl)c1Nc1ccc([N+](=O)[O-])cc1C#N. The van der Waals surface area contributed by atoms with Crippen LogP contribution in [0, 0.1) is 28.4 Å². The summed E-state index contributed by atoms with van der Waals surface area (Å²) in [6, 6.07) is 11.4. The van der Waals surface area contributed by atoms with Crippen molar-refractivity contribution in [3.05, 3.63) is 62.7 Å². The highest BCUT2D eigenvalue weighted by atomic mass is 35.5. The van der Waals surface area contributed by atoms with Gasteiger partial charge in [0.25, 0.3) is 5.69 Å². The predicted octanol–water partition coefficient (Wildman–Crippen LogP) is 4.17. The lowest BCUT2D eigenvalue weighted by molar-refractivity contribution is -0.384. The zero-order valence-electron chi connectivity index (χ0n) is 10.6. The largest absolute Gasteiger partial charge is 0.353 e. The van der Waals surface area contributed by atoms with Crippen molar-refractivity contribution in [1.29, 1.82) is 5.26 Å². The summed E-state index contributed by atoms with van der Waals surface area (Å²) in [5.74, 6) is 0. The summed E-state index contributed by atoms with van der Waals surface area (Å²) in [7, 11) is 0. The number of anilines is 2. The minimum Gasteiger partial charge on any atom is -0.353 e. The molecule has 0 aliphatic carbocycles. The van der Waals surface area contributed by atoms with Gasteiger partial charge in [-0.15, -0.1) is 0 Å². The molecule has 0 aliphatic heterocycles. The van der Waals surface area contributed by atoms with Gasteiger partial charge in [0.15, 0.2) is 0 Å². The maximum atomic E-state index is 10.7. The number of nitro benzene ring substituents is 1. The van der Waals surface area contributed by atoms with E-state index < -0.39 is 4.92 Å². The van der Waals surface area contributed by atoms with E-state index >= 15 is 0 Å². The van der Waals surface area contributed by atoms with Crippen LogP contribution in [0.25, 0.3) is 0 Å². The normalized spacial score (nSPS) is 9.85. The van der Waals surface area contributed by atoms with Crippen LogP contribution >= 0.6 is 11.6 Å². The lowest BCUT2D eigenvalue weighted by Crippen LogP contribution is -1.98. The Hall–Kier alpha value is -2.58. The molecule has 6 heteroatoms. The monoisotopic (exact) mass is 287 g/mol. The summed E-state index contributed by atoms with van der Waals surface area (Å²) < 4.78 is 0. The molecule has 0 saturated carbocycles. The number of halogens is 1. The first-order valence-corrected chi connectivity index (χ1v) is 6.11. The number of para-hydroxylation sites is 1. The molecule has 0 spiro atoms. The van der Waals surface area contributed by atoms with Crippen LogP contribution < -0.4 is 5.32 Å². The first kappa shape index (κ1) is 13.8. The molecule has 0 aromatic heterocycles. The maximum Gasteiger partial charge on any atom is 0.270 e. The summed E-state index contributed by atoms with van der Waals surface area (Å²) in [6.45, 7) is 1.88. The van der Waals surface area contributed by atoms with Crippen LogP contribution in [-0.2, 0) is 0 Å². The van der Waals surface area contributed by atoms with Crippen LogP contribution in [0.3, 0.4) is 0 Å². The van der Waals surface area contributed by atoms with Crippen LogP contribution in [0.4, 0.5) is 17.1 Å². The van der Waals surface area contributed by atoms with Crippen LogP contribution in [0.2, 0.25) is 5.02 Å². The Morgan fingerprint density at radius 1 is 1.35 bits per heavy atom. The lowest BCUT2D eigenvalue weighted by atomic mass is 10.1. The molecule has 0 fully saturated rings. The molecular formula is C14H10ClN3O2. The number of hydrogen-bond acceptors (Lipinski definition) is 4. The van der Waals surface area contributed by atoms with Gasteiger partial charge in [-0.25, -0.2) is 0 Å². The molecule has 2 aromatic carbocycles. The fraction of sp³-hybridized carbons (Fsp3) is 0.0714. The number of rotatable bonds is 3. The zero-order valence-corrected chi connectivity index (χ0v) is 11.3. The van der Waals surface area contributed by atoms with E-state index in [1.807, 2.05) is 25.1 Å². The van der Waals surface area contributed by atoms with Gasteiger partial charge in [-0.05, 0) is 24.6 Å². The smallest absolute Gasteiger partial charge is 0.270 e. The van der Waals surface area contributed by atoms with E-state index in [1.165, 1.54) is 18.2 Å². The minimum absolute atomic E-state index is 0.122. The first-order valence-electron chi connectivity index (χ1n) is 5.73. The van der Waals surface area contributed by atoms with Gasteiger partial charge in [0.05, 0.1) is 26.9 Å². The predicted molar refractivity (Wildman–Crippen MR) is 77.3 cm³/mol. The average Bonchev–Trinajstić information content (AvgIpc) is 2.43. The Bertz CT molecular complexity index is 703. The minimum atomic E-state index is -0.536. The Balaban J connectivity index is 2.44. The van der Waals surface area contributed by atoms with Crippen molar-refractivity contribution in [2.75, 3.05) is 5.32 Å². The quantitative estimate of drug-likeness (QED) is 0.678. The maximum absolute atomic E-state index is 10.7. The van der Waals surface area contributed by atoms with Crippen LogP contribution in [-0.4, -0.2) is 4.92 Å². The van der Waals surface area contributed by atoms with E-state index in [9.17, 15) is 10.1 Å². The summed E-state index contributed by atoms with van der Waals surface area (Å²) in [4.78, 5) is 10.2. The number of benzene rings is 2. The van der Waals surface area contributed by atoms with Crippen LogP contribution in [0.15, 0.2) is 36.4 Å². The van der Waals surface area contributed by atoms with E-state index in [4.69, 9.17) is 16.9 Å². The average molecular weight is 288 g/mol. The van der Waals surface area contributed by atoms with Gasteiger partial charge >= 0.3 is 0 Å². The highest BCUT2D eigenvalue weighted by molar-refractivity contribution is 6.33. The molecule has 100 valence electrons. The van der Waals surface area contributed by atoms with Crippen molar-refractivity contribution < 1.29 is 4.92 Å². The summed E-state index contributed by atoms with van der Waals surface area (Å²) in [5.41, 5.74) is 2.15. The number of nitrogens with zero attached hydrogens (tertiary/aromatic N) is 2. The Morgan fingerprint density at radius 3 is 2.70 bits per heavy atom. The number of nitro groups is 1. The molecule has 5 nitrogen and oxygen atoms in total. The van der Waals surface area contributed by atoms with Gasteiger partial charge < -0.3 is 5.32 Å². The zero-order chi connectivity index (χ0) is 14.7. The van der Waals surface area contributed by atoms with Gasteiger partial charge in [0.2, 0.25) is 0 Å². The molecule has 0 unspecified atom stereocenters. The lowest BCUT2D eigenvalue weighted by Gasteiger charge is -2.12. The van der Waals surface area contributed by atoms with Gasteiger partial charge in [0, 0.05) is 12.1 Å². The fourth-order valence-electron chi connectivity index (χ4n) is 1.77. The molecular weight excluding hydrogens is 278 g/mol. The molecule has 0 heterocycles. The standard InChI is InChI=1S/C14H10ClN3O2/c1-9-3-2-4-12(15)14(9)17-13-6-5-11(18(19)20)7-10(13)8-16/h2-7,17H,1H3. The molecule has 0 saturated heterocycles. The van der Waals surface area contributed by atoms with E-state index in [1.54, 1.807) is 6.07 Å². The number of nitriles is 1. The third-order valence-electron chi connectivity index (χ3n) is 2.82. The van der Waals surface area contributed by atoms with Crippen molar-refractivity contribution in [1.82, 2.24) is 0 Å². The van der Waals surface area contributed by atoms with E-state index in [0.717, 1.165) is 5.56 Å². The number of aryl methyl sites for hydroxylation is 1. The molecule has 0 aliphatic rings. The Morgan fingerprint density at radius 2 is 2.10 bits per heavy atom. The molecule has 0 bridgehead atoms. The molecule has 0 amide bonds. The molecule has 0 atom stereocenters. The van der Waals surface area contributed by atoms with E-state index in [-0.39, 0.29) is 11.3 Å².